The van der Waals surface area contributed by atoms with Crippen LogP contribution in [0.3, 0.4) is 0 Å². The first kappa shape index (κ1) is 14.1. The highest BCUT2D eigenvalue weighted by Gasteiger charge is 2.09. The third-order valence-corrected chi connectivity index (χ3v) is 3.76. The van der Waals surface area contributed by atoms with Gasteiger partial charge in [-0.3, -0.25) is 0 Å². The summed E-state index contributed by atoms with van der Waals surface area (Å²) in [4.78, 5) is 4.18. The number of hydrogen-bond donors (Lipinski definition) is 1. The maximum Gasteiger partial charge on any atom is 0.219 e. The minimum absolute atomic E-state index is 0.239. The molecule has 21 heavy (non-hydrogen) atoms. The summed E-state index contributed by atoms with van der Waals surface area (Å²) < 4.78 is 5.80. The molecule has 0 aliphatic rings. The maximum absolute atomic E-state index is 9.20. The zero-order valence-electron chi connectivity index (χ0n) is 10.9. The van der Waals surface area contributed by atoms with Gasteiger partial charge in [0, 0.05) is 21.9 Å². The van der Waals surface area contributed by atoms with Crippen LogP contribution in [-0.2, 0) is 6.61 Å². The van der Waals surface area contributed by atoms with Crippen molar-refractivity contribution in [3.63, 3.8) is 0 Å². The number of ether oxygens (including phenoxy) is 1. The molecule has 3 rings (SSSR count). The molecule has 0 saturated heterocycles. The second kappa shape index (κ2) is 5.90. The normalized spacial score (nSPS) is 10.8. The van der Waals surface area contributed by atoms with E-state index < -0.39 is 0 Å². The maximum atomic E-state index is 9.20. The summed E-state index contributed by atoms with van der Waals surface area (Å²) in [5.74, 6) is 1.02. The monoisotopic (exact) mass is 319 g/mol. The summed E-state index contributed by atoms with van der Waals surface area (Å²) in [5, 5.41) is 12.1. The summed E-state index contributed by atoms with van der Waals surface area (Å²) in [6.45, 7) is -0.239. The van der Waals surface area contributed by atoms with Crippen LogP contribution >= 0.6 is 23.2 Å². The van der Waals surface area contributed by atoms with Gasteiger partial charge in [0.1, 0.15) is 5.75 Å². The van der Waals surface area contributed by atoms with Crippen molar-refractivity contribution < 1.29 is 9.84 Å². The zero-order valence-corrected chi connectivity index (χ0v) is 12.4. The SMILES string of the molecule is OCc1nc(Oc2ccc(Cl)c3ccccc23)ccc1Cl. The summed E-state index contributed by atoms with van der Waals surface area (Å²) in [6, 6.07) is 14.6. The van der Waals surface area contributed by atoms with Gasteiger partial charge in [0.25, 0.3) is 0 Å². The first-order valence-electron chi connectivity index (χ1n) is 6.30. The van der Waals surface area contributed by atoms with Gasteiger partial charge in [-0.2, -0.15) is 0 Å². The van der Waals surface area contributed by atoms with E-state index >= 15 is 0 Å². The van der Waals surface area contributed by atoms with Crippen molar-refractivity contribution in [2.45, 2.75) is 6.61 Å². The highest BCUT2D eigenvalue weighted by Crippen LogP contribution is 2.34. The molecule has 1 aromatic heterocycles. The van der Waals surface area contributed by atoms with E-state index in [2.05, 4.69) is 4.98 Å². The molecule has 2 aromatic carbocycles. The first-order chi connectivity index (χ1) is 10.2. The van der Waals surface area contributed by atoms with Crippen LogP contribution in [0, 0.1) is 0 Å². The summed E-state index contributed by atoms with van der Waals surface area (Å²) in [7, 11) is 0. The molecule has 106 valence electrons. The molecule has 0 amide bonds. The molecular formula is C16H11Cl2NO2. The Morgan fingerprint density at radius 3 is 2.38 bits per heavy atom. The van der Waals surface area contributed by atoms with E-state index in [0.717, 1.165) is 10.8 Å². The molecule has 3 aromatic rings. The molecule has 1 heterocycles. The van der Waals surface area contributed by atoms with Crippen molar-refractivity contribution in [3.05, 3.63) is 64.3 Å². The van der Waals surface area contributed by atoms with Crippen LogP contribution in [0.5, 0.6) is 11.6 Å². The molecule has 0 spiro atoms. The standard InChI is InChI=1S/C16H11Cl2NO2/c17-12-5-7-15(11-4-2-1-3-10(11)12)21-16-8-6-13(18)14(9-20)19-16/h1-8,20H,9H2. The number of aromatic nitrogens is 1. The highest BCUT2D eigenvalue weighted by atomic mass is 35.5. The number of fused-ring (bicyclic) bond motifs is 1. The molecule has 0 unspecified atom stereocenters. The Kier molecular flexibility index (Phi) is 3.97. The Labute approximate surface area is 131 Å². The molecule has 0 bridgehead atoms. The largest absolute Gasteiger partial charge is 0.438 e. The topological polar surface area (TPSA) is 42.4 Å². The quantitative estimate of drug-likeness (QED) is 0.752. The molecule has 1 N–H and O–H groups in total. The molecular weight excluding hydrogens is 309 g/mol. The van der Waals surface area contributed by atoms with E-state index in [0.29, 0.717) is 27.4 Å². The fourth-order valence-corrected chi connectivity index (χ4v) is 2.46. The van der Waals surface area contributed by atoms with Crippen LogP contribution in [-0.4, -0.2) is 10.1 Å². The van der Waals surface area contributed by atoms with Crippen molar-refractivity contribution in [2.24, 2.45) is 0 Å². The molecule has 0 radical (unpaired) electrons. The van der Waals surface area contributed by atoms with E-state index in [4.69, 9.17) is 27.9 Å². The Hall–Kier alpha value is -1.81. The summed E-state index contributed by atoms with van der Waals surface area (Å²) in [5.41, 5.74) is 0.382. The van der Waals surface area contributed by atoms with Gasteiger partial charge in [-0.15, -0.1) is 0 Å². The number of hydrogen-bond acceptors (Lipinski definition) is 3. The van der Waals surface area contributed by atoms with Crippen molar-refractivity contribution >= 4 is 34.0 Å². The number of nitrogens with zero attached hydrogens (tertiary/aromatic N) is 1. The van der Waals surface area contributed by atoms with Gasteiger partial charge >= 0.3 is 0 Å². The van der Waals surface area contributed by atoms with Crippen LogP contribution in [0.15, 0.2) is 48.5 Å². The van der Waals surface area contributed by atoms with Gasteiger partial charge in [0.15, 0.2) is 0 Å². The molecule has 0 aliphatic carbocycles. The summed E-state index contributed by atoms with van der Waals surface area (Å²) >= 11 is 12.1. The summed E-state index contributed by atoms with van der Waals surface area (Å²) in [6.07, 6.45) is 0. The van der Waals surface area contributed by atoms with E-state index in [1.54, 1.807) is 24.3 Å². The van der Waals surface area contributed by atoms with Gasteiger partial charge in [-0.1, -0.05) is 47.5 Å². The van der Waals surface area contributed by atoms with E-state index in [-0.39, 0.29) is 6.61 Å². The molecule has 0 saturated carbocycles. The fourth-order valence-electron chi connectivity index (χ4n) is 2.07. The lowest BCUT2D eigenvalue weighted by atomic mass is 10.1. The molecule has 0 fully saturated rings. The first-order valence-corrected chi connectivity index (χ1v) is 7.06. The molecule has 3 nitrogen and oxygen atoms in total. The highest BCUT2D eigenvalue weighted by molar-refractivity contribution is 6.35. The Morgan fingerprint density at radius 1 is 0.905 bits per heavy atom. The number of aliphatic hydroxyl groups excluding tert-OH is 1. The third-order valence-electron chi connectivity index (χ3n) is 3.09. The molecule has 0 aliphatic heterocycles. The Morgan fingerprint density at radius 2 is 1.62 bits per heavy atom. The van der Waals surface area contributed by atoms with Crippen molar-refractivity contribution in [1.82, 2.24) is 4.98 Å². The number of rotatable bonds is 3. The van der Waals surface area contributed by atoms with Gasteiger partial charge in [-0.05, 0) is 18.2 Å². The van der Waals surface area contributed by atoms with Gasteiger partial charge < -0.3 is 9.84 Å². The number of benzene rings is 2. The molecule has 0 atom stereocenters. The fraction of sp³-hybridized carbons (Fsp3) is 0.0625. The second-order valence-corrected chi connectivity index (χ2v) is 5.24. The lowest BCUT2D eigenvalue weighted by Gasteiger charge is -2.10. The van der Waals surface area contributed by atoms with E-state index in [1.807, 2.05) is 24.3 Å². The van der Waals surface area contributed by atoms with Crippen molar-refractivity contribution in [1.29, 1.82) is 0 Å². The lowest BCUT2D eigenvalue weighted by molar-refractivity contribution is 0.275. The third kappa shape index (κ3) is 2.81. The van der Waals surface area contributed by atoms with E-state index in [9.17, 15) is 5.11 Å². The lowest BCUT2D eigenvalue weighted by Crippen LogP contribution is -1.95. The smallest absolute Gasteiger partial charge is 0.219 e. The number of halogens is 2. The zero-order chi connectivity index (χ0) is 14.8. The molecule has 5 heteroatoms. The predicted molar refractivity (Wildman–Crippen MR) is 84.2 cm³/mol. The van der Waals surface area contributed by atoms with E-state index in [1.165, 1.54) is 0 Å². The van der Waals surface area contributed by atoms with Crippen LogP contribution in [0.2, 0.25) is 10.0 Å². The van der Waals surface area contributed by atoms with Crippen LogP contribution in [0.1, 0.15) is 5.69 Å². The van der Waals surface area contributed by atoms with Crippen molar-refractivity contribution in [3.8, 4) is 11.6 Å². The minimum Gasteiger partial charge on any atom is -0.438 e. The predicted octanol–water partition coefficient (Wildman–Crippen LogP) is 4.83. The number of pyridine rings is 1. The minimum atomic E-state index is -0.239. The van der Waals surface area contributed by atoms with Gasteiger partial charge in [0.05, 0.1) is 17.3 Å². The Bertz CT molecular complexity index is 805. The second-order valence-electron chi connectivity index (χ2n) is 4.43. The van der Waals surface area contributed by atoms with Crippen LogP contribution in [0.4, 0.5) is 0 Å². The van der Waals surface area contributed by atoms with Crippen molar-refractivity contribution in [2.75, 3.05) is 0 Å². The van der Waals surface area contributed by atoms with Gasteiger partial charge in [-0.25, -0.2) is 4.98 Å². The van der Waals surface area contributed by atoms with Crippen LogP contribution in [0.25, 0.3) is 10.8 Å². The van der Waals surface area contributed by atoms with Crippen LogP contribution < -0.4 is 4.74 Å². The average molecular weight is 320 g/mol. The number of aliphatic hydroxyl groups is 1. The average Bonchev–Trinajstić information content (AvgIpc) is 2.52. The van der Waals surface area contributed by atoms with Gasteiger partial charge in [0.2, 0.25) is 5.88 Å². The Balaban J connectivity index is 2.04.